The molecule has 3 nitrogen and oxygen atoms in total. The minimum absolute atomic E-state index is 0.182. The van der Waals surface area contributed by atoms with Crippen molar-refractivity contribution in [1.82, 2.24) is 0 Å². The van der Waals surface area contributed by atoms with Gasteiger partial charge in [0.05, 0.1) is 17.5 Å². The topological polar surface area (TPSA) is 35.5 Å². The highest BCUT2D eigenvalue weighted by atomic mass is 35.5. The molecule has 0 bridgehead atoms. The number of benzene rings is 2. The Balaban J connectivity index is 2.32. The maximum Gasteiger partial charge on any atom is 0.184 e. The zero-order chi connectivity index (χ0) is 15.2. The zero-order valence-electron chi connectivity index (χ0n) is 12.0. The number of hydrogen-bond donors (Lipinski definition) is 0. The second-order valence-electron chi connectivity index (χ2n) is 4.49. The number of ether oxygens (including phenoxy) is 2. The number of carbonyl (C=O) groups is 1. The molecule has 2 aromatic rings. The molecule has 0 radical (unpaired) electrons. The van der Waals surface area contributed by atoms with Crippen LogP contribution in [0.2, 0.25) is 0 Å². The van der Waals surface area contributed by atoms with Crippen LogP contribution in [0.5, 0.6) is 17.2 Å². The third-order valence-corrected chi connectivity index (χ3v) is 3.05. The van der Waals surface area contributed by atoms with Crippen LogP contribution in [0.25, 0.3) is 0 Å². The fourth-order valence-electron chi connectivity index (χ4n) is 1.89. The summed E-state index contributed by atoms with van der Waals surface area (Å²) in [6.45, 7) is 3.99. The van der Waals surface area contributed by atoms with Gasteiger partial charge in [-0.3, -0.25) is 4.79 Å². The molecule has 0 N–H and O–H groups in total. The molecule has 0 aromatic heterocycles. The number of para-hydroxylation sites is 1. The smallest absolute Gasteiger partial charge is 0.184 e. The molecule has 0 amide bonds. The Morgan fingerprint density at radius 1 is 1.14 bits per heavy atom. The van der Waals surface area contributed by atoms with E-state index in [1.165, 1.54) is 0 Å². The van der Waals surface area contributed by atoms with Gasteiger partial charge in [0.25, 0.3) is 0 Å². The second kappa shape index (κ2) is 7.14. The Morgan fingerprint density at radius 2 is 1.86 bits per heavy atom. The summed E-state index contributed by atoms with van der Waals surface area (Å²) < 4.78 is 11.2. The predicted octanol–water partition coefficient (Wildman–Crippen LogP) is 4.69. The molecular weight excluding hydrogens is 288 g/mol. The van der Waals surface area contributed by atoms with Crippen molar-refractivity contribution in [2.75, 3.05) is 6.61 Å². The number of halogens is 1. The Hall–Kier alpha value is -2.00. The summed E-state index contributed by atoms with van der Waals surface area (Å²) in [4.78, 5) is 12.2. The molecule has 2 rings (SSSR count). The first-order valence-corrected chi connectivity index (χ1v) is 7.23. The highest BCUT2D eigenvalue weighted by Gasteiger charge is 2.18. The molecule has 4 heteroatoms. The fraction of sp³-hybridized carbons (Fsp3) is 0.235. The summed E-state index contributed by atoms with van der Waals surface area (Å²) in [6, 6.07) is 14.5. The predicted molar refractivity (Wildman–Crippen MR) is 83.8 cm³/mol. The lowest BCUT2D eigenvalue weighted by Crippen LogP contribution is -2.12. The number of ketones is 1. The molecule has 110 valence electrons. The fourth-order valence-corrected chi connectivity index (χ4v) is 2.00. The minimum atomic E-state index is -0.615. The second-order valence-corrected chi connectivity index (χ2v) is 5.14. The van der Waals surface area contributed by atoms with Crippen LogP contribution in [0.1, 0.15) is 24.2 Å². The number of carbonyl (C=O) groups excluding carboxylic acids is 1. The van der Waals surface area contributed by atoms with E-state index in [-0.39, 0.29) is 5.78 Å². The summed E-state index contributed by atoms with van der Waals surface area (Å²) >= 11 is 5.90. The average Bonchev–Trinajstić information content (AvgIpc) is 2.49. The van der Waals surface area contributed by atoms with Gasteiger partial charge in [-0.25, -0.2) is 0 Å². The lowest BCUT2D eigenvalue weighted by atomic mass is 10.1. The highest BCUT2D eigenvalue weighted by Crippen LogP contribution is 2.29. The van der Waals surface area contributed by atoms with E-state index < -0.39 is 5.38 Å². The standard InChI is InChI=1S/C17H17ClO3/c1-3-20-16-10-9-14(11-15(16)17(19)12(2)18)21-13-7-5-4-6-8-13/h4-12H,3H2,1-2H3. The van der Waals surface area contributed by atoms with E-state index in [4.69, 9.17) is 21.1 Å². The van der Waals surface area contributed by atoms with E-state index in [0.717, 1.165) is 0 Å². The average molecular weight is 305 g/mol. The Bertz CT molecular complexity index is 609. The van der Waals surface area contributed by atoms with Crippen LogP contribution in [0.3, 0.4) is 0 Å². The molecule has 0 aliphatic heterocycles. The van der Waals surface area contributed by atoms with Crippen LogP contribution < -0.4 is 9.47 Å². The van der Waals surface area contributed by atoms with E-state index in [2.05, 4.69) is 0 Å². The molecule has 1 atom stereocenters. The first kappa shape index (κ1) is 15.4. The number of Topliss-reactive ketones (excluding diaryl/α,β-unsaturated/α-hetero) is 1. The van der Waals surface area contributed by atoms with Crippen molar-refractivity contribution >= 4 is 17.4 Å². The van der Waals surface area contributed by atoms with Gasteiger partial charge in [-0.2, -0.15) is 0 Å². The molecule has 0 saturated heterocycles. The Kier molecular flexibility index (Phi) is 5.23. The largest absolute Gasteiger partial charge is 0.493 e. The van der Waals surface area contributed by atoms with E-state index in [1.54, 1.807) is 25.1 Å². The summed E-state index contributed by atoms with van der Waals surface area (Å²) in [5.41, 5.74) is 0.438. The van der Waals surface area contributed by atoms with Crippen molar-refractivity contribution in [2.24, 2.45) is 0 Å². The molecule has 0 aliphatic carbocycles. The van der Waals surface area contributed by atoms with E-state index in [9.17, 15) is 4.79 Å². The monoisotopic (exact) mass is 304 g/mol. The summed E-state index contributed by atoms with van der Waals surface area (Å²) in [5, 5.41) is -0.615. The van der Waals surface area contributed by atoms with Crippen molar-refractivity contribution in [3.8, 4) is 17.2 Å². The van der Waals surface area contributed by atoms with Gasteiger partial charge in [0, 0.05) is 0 Å². The van der Waals surface area contributed by atoms with Crippen LogP contribution in [0.15, 0.2) is 48.5 Å². The molecule has 0 fully saturated rings. The molecule has 21 heavy (non-hydrogen) atoms. The molecule has 0 heterocycles. The van der Waals surface area contributed by atoms with Crippen LogP contribution in [0, 0.1) is 0 Å². The zero-order valence-corrected chi connectivity index (χ0v) is 12.8. The lowest BCUT2D eigenvalue weighted by Gasteiger charge is -2.13. The molecule has 0 spiro atoms. The maximum atomic E-state index is 12.2. The van der Waals surface area contributed by atoms with Gasteiger partial charge in [-0.1, -0.05) is 18.2 Å². The molecule has 0 saturated carbocycles. The highest BCUT2D eigenvalue weighted by molar-refractivity contribution is 6.34. The lowest BCUT2D eigenvalue weighted by molar-refractivity contribution is 0.0987. The van der Waals surface area contributed by atoms with Crippen molar-refractivity contribution in [1.29, 1.82) is 0 Å². The van der Waals surface area contributed by atoms with Crippen molar-refractivity contribution < 1.29 is 14.3 Å². The molecule has 0 aliphatic rings. The molecule has 1 unspecified atom stereocenters. The van der Waals surface area contributed by atoms with Crippen LogP contribution >= 0.6 is 11.6 Å². The van der Waals surface area contributed by atoms with Gasteiger partial charge in [0.15, 0.2) is 5.78 Å². The van der Waals surface area contributed by atoms with Gasteiger partial charge in [0.2, 0.25) is 0 Å². The van der Waals surface area contributed by atoms with Crippen LogP contribution in [0.4, 0.5) is 0 Å². The maximum absolute atomic E-state index is 12.2. The number of rotatable bonds is 6. The third kappa shape index (κ3) is 3.99. The normalized spacial score (nSPS) is 11.8. The molecule has 2 aromatic carbocycles. The van der Waals surface area contributed by atoms with E-state index in [1.807, 2.05) is 37.3 Å². The van der Waals surface area contributed by atoms with Crippen LogP contribution in [-0.4, -0.2) is 17.8 Å². The van der Waals surface area contributed by atoms with E-state index >= 15 is 0 Å². The first-order chi connectivity index (χ1) is 10.1. The van der Waals surface area contributed by atoms with Gasteiger partial charge >= 0.3 is 0 Å². The summed E-state index contributed by atoms with van der Waals surface area (Å²) in [6.07, 6.45) is 0. The first-order valence-electron chi connectivity index (χ1n) is 6.80. The summed E-state index contributed by atoms with van der Waals surface area (Å²) in [7, 11) is 0. The SMILES string of the molecule is CCOc1ccc(Oc2ccccc2)cc1C(=O)C(C)Cl. The van der Waals surface area contributed by atoms with Gasteiger partial charge in [-0.15, -0.1) is 11.6 Å². The van der Waals surface area contributed by atoms with Crippen molar-refractivity contribution in [2.45, 2.75) is 19.2 Å². The van der Waals surface area contributed by atoms with Crippen molar-refractivity contribution in [3.63, 3.8) is 0 Å². The minimum Gasteiger partial charge on any atom is -0.493 e. The summed E-state index contributed by atoms with van der Waals surface area (Å²) in [5.74, 6) is 1.62. The van der Waals surface area contributed by atoms with Gasteiger partial charge in [0.1, 0.15) is 17.2 Å². The van der Waals surface area contributed by atoms with Crippen LogP contribution in [-0.2, 0) is 0 Å². The quantitative estimate of drug-likeness (QED) is 0.574. The molecular formula is C17H17ClO3. The number of alkyl halides is 1. The number of hydrogen-bond acceptors (Lipinski definition) is 3. The van der Waals surface area contributed by atoms with Gasteiger partial charge < -0.3 is 9.47 Å². The Morgan fingerprint density at radius 3 is 2.48 bits per heavy atom. The van der Waals surface area contributed by atoms with E-state index in [0.29, 0.717) is 29.4 Å². The third-order valence-electron chi connectivity index (χ3n) is 2.86. The van der Waals surface area contributed by atoms with Crippen molar-refractivity contribution in [3.05, 3.63) is 54.1 Å². The van der Waals surface area contributed by atoms with Gasteiger partial charge in [-0.05, 0) is 44.2 Å². The Labute approximate surface area is 129 Å².